The van der Waals surface area contributed by atoms with Crippen molar-refractivity contribution in [3.05, 3.63) is 101 Å². The fourth-order valence-corrected chi connectivity index (χ4v) is 5.95. The monoisotopic (exact) mass is 600 g/mol. The Morgan fingerprint density at radius 2 is 1.57 bits per heavy atom. The summed E-state index contributed by atoms with van der Waals surface area (Å²) in [6.07, 6.45) is -5.38. The van der Waals surface area contributed by atoms with Crippen molar-refractivity contribution in [2.24, 2.45) is 0 Å². The molecule has 3 aromatic rings. The van der Waals surface area contributed by atoms with Crippen molar-refractivity contribution < 1.29 is 43.2 Å². The number of carbonyl (C=O) groups excluding carboxylic acids is 4. The molecule has 44 heavy (non-hydrogen) atoms. The number of carbonyl (C=O) groups is 4. The second-order valence-corrected chi connectivity index (χ2v) is 11.1. The number of nitrogen functional groups attached to an aromatic ring is 1. The van der Waals surface area contributed by atoms with Gasteiger partial charge in [0.15, 0.2) is 24.0 Å². The zero-order valence-electron chi connectivity index (χ0n) is 24.0. The number of anilines is 1. The van der Waals surface area contributed by atoms with E-state index in [9.17, 15) is 24.3 Å². The summed E-state index contributed by atoms with van der Waals surface area (Å²) < 4.78 is 24.7. The SMILES string of the molecule is CC(=O)CCC(=O)[C@]1(O)[C@@H]2OC(c3ccccc3)OC[C@H]2O[C@@H](OCc2ccc(N)cc2)[C@@H]1N1C(=O)c2ccccc2C1=O. The van der Waals surface area contributed by atoms with Crippen molar-refractivity contribution in [1.82, 2.24) is 4.90 Å². The molecule has 2 fully saturated rings. The number of aliphatic hydroxyl groups is 1. The van der Waals surface area contributed by atoms with Gasteiger partial charge in [0.2, 0.25) is 0 Å². The predicted octanol–water partition coefficient (Wildman–Crippen LogP) is 2.96. The Hall–Kier alpha value is -4.26. The number of amides is 2. The average Bonchev–Trinajstić information content (AvgIpc) is 3.28. The van der Waals surface area contributed by atoms with Crippen LogP contribution in [0.1, 0.15) is 57.9 Å². The maximum Gasteiger partial charge on any atom is 0.262 e. The molecule has 3 aliphatic rings. The number of nitrogens with two attached hydrogens (primary N) is 1. The van der Waals surface area contributed by atoms with Gasteiger partial charge in [0, 0.05) is 24.1 Å². The van der Waals surface area contributed by atoms with Crippen LogP contribution in [-0.2, 0) is 35.1 Å². The molecular weight excluding hydrogens is 568 g/mol. The minimum Gasteiger partial charge on any atom is -0.399 e. The third kappa shape index (κ3) is 5.33. The normalized spacial score (nSPS) is 28.0. The summed E-state index contributed by atoms with van der Waals surface area (Å²) in [6.45, 7) is 1.18. The molecule has 3 aromatic carbocycles. The maximum absolute atomic E-state index is 14.1. The molecule has 0 aliphatic carbocycles. The summed E-state index contributed by atoms with van der Waals surface area (Å²) in [5.74, 6) is -2.50. The fourth-order valence-electron chi connectivity index (χ4n) is 5.95. The van der Waals surface area contributed by atoms with E-state index in [0.717, 1.165) is 4.90 Å². The molecule has 3 aliphatic heterocycles. The molecule has 0 aromatic heterocycles. The van der Waals surface area contributed by atoms with Gasteiger partial charge in [-0.2, -0.15) is 0 Å². The van der Waals surface area contributed by atoms with Crippen LogP contribution in [0.4, 0.5) is 5.69 Å². The van der Waals surface area contributed by atoms with Gasteiger partial charge >= 0.3 is 0 Å². The lowest BCUT2D eigenvalue weighted by Crippen LogP contribution is -2.77. The lowest BCUT2D eigenvalue weighted by atomic mass is 9.76. The van der Waals surface area contributed by atoms with E-state index >= 15 is 0 Å². The van der Waals surface area contributed by atoms with Crippen molar-refractivity contribution in [2.75, 3.05) is 12.3 Å². The summed E-state index contributed by atoms with van der Waals surface area (Å²) >= 11 is 0. The van der Waals surface area contributed by atoms with E-state index in [2.05, 4.69) is 0 Å². The summed E-state index contributed by atoms with van der Waals surface area (Å²) in [6, 6.07) is 20.4. The molecule has 11 heteroatoms. The topological polar surface area (TPSA) is 155 Å². The first-order chi connectivity index (χ1) is 21.2. The minimum absolute atomic E-state index is 0.0614. The molecule has 6 atom stereocenters. The Morgan fingerprint density at radius 3 is 2.20 bits per heavy atom. The Morgan fingerprint density at radius 1 is 0.932 bits per heavy atom. The van der Waals surface area contributed by atoms with Gasteiger partial charge in [-0.1, -0.05) is 54.6 Å². The fraction of sp³-hybridized carbons (Fsp3) is 0.333. The number of rotatable bonds is 9. The standard InChI is InChI=1S/C33H32N2O9/c1-19(36)11-16-26(37)33(40)27(35-29(38)23-9-5-6-10-24(23)30(35)39)32(41-17-20-12-14-22(34)15-13-20)43-25-18-42-31(44-28(25)33)21-7-3-2-4-8-21/h2-10,12-15,25,27-28,31-32,40H,11,16-18,34H2,1H3/t25-,27+,28-,31?,32-,33-/m1/s1. The Kier molecular flexibility index (Phi) is 8.14. The van der Waals surface area contributed by atoms with Crippen LogP contribution in [0.15, 0.2) is 78.9 Å². The first-order valence-corrected chi connectivity index (χ1v) is 14.3. The molecule has 11 nitrogen and oxygen atoms in total. The highest BCUT2D eigenvalue weighted by atomic mass is 16.7. The van der Waals surface area contributed by atoms with Crippen LogP contribution < -0.4 is 5.73 Å². The number of hydrogen-bond donors (Lipinski definition) is 2. The third-order valence-electron chi connectivity index (χ3n) is 8.19. The average molecular weight is 601 g/mol. The van der Waals surface area contributed by atoms with Crippen molar-refractivity contribution in [3.8, 4) is 0 Å². The molecule has 228 valence electrons. The van der Waals surface area contributed by atoms with Gasteiger partial charge in [-0.25, -0.2) is 0 Å². The number of nitrogens with zero attached hydrogens (tertiary/aromatic N) is 1. The van der Waals surface area contributed by atoms with E-state index in [1.54, 1.807) is 60.7 Å². The molecule has 2 amide bonds. The number of imide groups is 1. The second-order valence-electron chi connectivity index (χ2n) is 11.1. The number of fused-ring (bicyclic) bond motifs is 2. The van der Waals surface area contributed by atoms with Crippen molar-refractivity contribution in [1.29, 1.82) is 0 Å². The number of ketones is 2. The molecule has 3 heterocycles. The molecule has 0 radical (unpaired) electrons. The highest BCUT2D eigenvalue weighted by Gasteiger charge is 2.66. The van der Waals surface area contributed by atoms with E-state index in [-0.39, 0.29) is 43.0 Å². The summed E-state index contributed by atoms with van der Waals surface area (Å²) in [5, 5.41) is 12.7. The molecule has 3 N–H and O–H groups in total. The summed E-state index contributed by atoms with van der Waals surface area (Å²) in [4.78, 5) is 54.5. The van der Waals surface area contributed by atoms with Gasteiger partial charge in [-0.3, -0.25) is 19.3 Å². The molecule has 1 unspecified atom stereocenters. The van der Waals surface area contributed by atoms with E-state index in [1.807, 2.05) is 6.07 Å². The molecular formula is C33H32N2O9. The van der Waals surface area contributed by atoms with Crippen LogP contribution in [-0.4, -0.2) is 70.1 Å². The number of ether oxygens (including phenoxy) is 4. The molecule has 2 saturated heterocycles. The van der Waals surface area contributed by atoms with E-state index in [0.29, 0.717) is 16.8 Å². The van der Waals surface area contributed by atoms with Gasteiger partial charge < -0.3 is 34.6 Å². The van der Waals surface area contributed by atoms with E-state index < -0.39 is 54.0 Å². The molecule has 0 spiro atoms. The first kappa shape index (κ1) is 29.8. The van der Waals surface area contributed by atoms with E-state index in [4.69, 9.17) is 24.7 Å². The smallest absolute Gasteiger partial charge is 0.262 e. The van der Waals surface area contributed by atoms with Crippen LogP contribution in [0.5, 0.6) is 0 Å². The van der Waals surface area contributed by atoms with Gasteiger partial charge in [0.25, 0.3) is 11.8 Å². The summed E-state index contributed by atoms with van der Waals surface area (Å²) in [7, 11) is 0. The van der Waals surface area contributed by atoms with Gasteiger partial charge in [0.05, 0.1) is 24.3 Å². The summed E-state index contributed by atoms with van der Waals surface area (Å²) in [5.41, 5.74) is 5.38. The van der Waals surface area contributed by atoms with Gasteiger partial charge in [-0.15, -0.1) is 0 Å². The highest BCUT2D eigenvalue weighted by molar-refractivity contribution is 6.22. The molecule has 0 bridgehead atoms. The zero-order chi connectivity index (χ0) is 31.0. The lowest BCUT2D eigenvalue weighted by Gasteiger charge is -2.54. The van der Waals surface area contributed by atoms with Gasteiger partial charge in [-0.05, 0) is 36.8 Å². The highest BCUT2D eigenvalue weighted by Crippen LogP contribution is 2.44. The zero-order valence-corrected chi connectivity index (χ0v) is 24.0. The minimum atomic E-state index is -2.53. The van der Waals surface area contributed by atoms with Crippen molar-refractivity contribution in [3.63, 3.8) is 0 Å². The lowest BCUT2D eigenvalue weighted by molar-refractivity contribution is -0.366. The Bertz CT molecular complexity index is 1540. The van der Waals surface area contributed by atoms with Crippen LogP contribution in [0.25, 0.3) is 0 Å². The number of hydrogen-bond acceptors (Lipinski definition) is 10. The third-order valence-corrected chi connectivity index (χ3v) is 8.19. The van der Waals surface area contributed by atoms with Crippen molar-refractivity contribution >= 4 is 29.1 Å². The van der Waals surface area contributed by atoms with Crippen molar-refractivity contribution in [2.45, 2.75) is 62.8 Å². The Labute approximate surface area is 253 Å². The largest absolute Gasteiger partial charge is 0.399 e. The molecule has 6 rings (SSSR count). The second kappa shape index (κ2) is 12.0. The van der Waals surface area contributed by atoms with Crippen LogP contribution in [0.2, 0.25) is 0 Å². The molecule has 0 saturated carbocycles. The number of Topliss-reactive ketones (excluding diaryl/α,β-unsaturated/α-hetero) is 2. The predicted molar refractivity (Wildman–Crippen MR) is 155 cm³/mol. The van der Waals surface area contributed by atoms with Gasteiger partial charge in [0.1, 0.15) is 24.0 Å². The van der Waals surface area contributed by atoms with Crippen LogP contribution >= 0.6 is 0 Å². The maximum atomic E-state index is 14.1. The first-order valence-electron chi connectivity index (χ1n) is 14.3. The number of benzene rings is 3. The Balaban J connectivity index is 1.44. The van der Waals surface area contributed by atoms with Crippen LogP contribution in [0, 0.1) is 0 Å². The van der Waals surface area contributed by atoms with E-state index in [1.165, 1.54) is 19.1 Å². The quantitative estimate of drug-likeness (QED) is 0.277. The van der Waals surface area contributed by atoms with Crippen LogP contribution in [0.3, 0.4) is 0 Å².